The summed E-state index contributed by atoms with van der Waals surface area (Å²) in [6.45, 7) is 6.74. The summed E-state index contributed by atoms with van der Waals surface area (Å²) in [7, 11) is -3.78. The van der Waals surface area contributed by atoms with Gasteiger partial charge in [-0.1, -0.05) is 19.1 Å². The van der Waals surface area contributed by atoms with Gasteiger partial charge in [-0.3, -0.25) is 9.52 Å². The van der Waals surface area contributed by atoms with Gasteiger partial charge in [0.15, 0.2) is 0 Å². The zero-order chi connectivity index (χ0) is 23.6. The summed E-state index contributed by atoms with van der Waals surface area (Å²) in [5.41, 5.74) is 4.30. The molecular weight excluding hydrogens is 436 g/mol. The van der Waals surface area contributed by atoms with Crippen molar-refractivity contribution in [3.63, 3.8) is 0 Å². The molecule has 0 spiro atoms. The number of aryl methyl sites for hydroxylation is 3. The molecule has 0 fully saturated rings. The summed E-state index contributed by atoms with van der Waals surface area (Å²) >= 11 is 0. The van der Waals surface area contributed by atoms with Crippen LogP contribution in [0.1, 0.15) is 35.5 Å². The van der Waals surface area contributed by atoms with E-state index in [-0.39, 0.29) is 16.6 Å². The number of hydrogen-bond donors (Lipinski definition) is 2. The average molecular weight is 463 g/mol. The third-order valence-electron chi connectivity index (χ3n) is 5.65. The molecule has 4 aromatic rings. The summed E-state index contributed by atoms with van der Waals surface area (Å²) in [6.07, 6.45) is 2.44. The number of anilines is 2. The quantitative estimate of drug-likeness (QED) is 0.405. The van der Waals surface area contributed by atoms with E-state index in [9.17, 15) is 13.2 Å². The molecule has 33 heavy (non-hydrogen) atoms. The second kappa shape index (κ2) is 9.07. The Bertz CT molecular complexity index is 1410. The Kier molecular flexibility index (Phi) is 6.20. The van der Waals surface area contributed by atoms with E-state index in [1.807, 2.05) is 18.4 Å². The Morgan fingerprint density at radius 1 is 1.03 bits per heavy atom. The van der Waals surface area contributed by atoms with E-state index < -0.39 is 10.0 Å². The molecule has 0 atom stereocenters. The van der Waals surface area contributed by atoms with Crippen LogP contribution in [0.15, 0.2) is 71.8 Å². The Balaban J connectivity index is 1.58. The first-order valence-electron chi connectivity index (χ1n) is 10.8. The van der Waals surface area contributed by atoms with Crippen molar-refractivity contribution in [1.29, 1.82) is 0 Å². The fraction of sp³-hybridized carbons (Fsp3) is 0.200. The Labute approximate surface area is 193 Å². The second-order valence-corrected chi connectivity index (χ2v) is 9.40. The molecule has 2 aromatic heterocycles. The average Bonchev–Trinajstić information content (AvgIpc) is 3.10. The molecule has 1 amide bonds. The highest BCUT2D eigenvalue weighted by Crippen LogP contribution is 2.28. The molecule has 170 valence electrons. The highest BCUT2D eigenvalue weighted by atomic mass is 32.2. The van der Waals surface area contributed by atoms with Crippen LogP contribution in [0.4, 0.5) is 11.5 Å². The molecule has 0 saturated heterocycles. The molecule has 0 saturated carbocycles. The summed E-state index contributed by atoms with van der Waals surface area (Å²) in [5.74, 6) is 0.00907. The van der Waals surface area contributed by atoms with E-state index in [1.165, 1.54) is 23.9 Å². The molecule has 0 aliphatic rings. The van der Waals surface area contributed by atoms with Crippen molar-refractivity contribution < 1.29 is 13.2 Å². The second-order valence-electron chi connectivity index (χ2n) is 7.72. The van der Waals surface area contributed by atoms with Crippen LogP contribution < -0.4 is 10.0 Å². The zero-order valence-electron chi connectivity index (χ0n) is 18.8. The smallest absolute Gasteiger partial charge is 0.272 e. The number of pyridine rings is 1. The normalized spacial score (nSPS) is 11.5. The van der Waals surface area contributed by atoms with Gasteiger partial charge in [0.25, 0.3) is 15.9 Å². The van der Waals surface area contributed by atoms with Crippen LogP contribution in [0.25, 0.3) is 10.9 Å². The summed E-state index contributed by atoms with van der Waals surface area (Å²) in [4.78, 5) is 17.3. The van der Waals surface area contributed by atoms with Crippen molar-refractivity contribution in [3.8, 4) is 0 Å². The lowest BCUT2D eigenvalue weighted by Crippen LogP contribution is -2.18. The fourth-order valence-electron chi connectivity index (χ4n) is 3.94. The van der Waals surface area contributed by atoms with Crippen molar-refractivity contribution in [3.05, 3.63) is 83.7 Å². The Morgan fingerprint density at radius 2 is 1.79 bits per heavy atom. The number of nitrogens with zero attached hydrogens (tertiary/aromatic N) is 2. The van der Waals surface area contributed by atoms with E-state index >= 15 is 0 Å². The molecular formula is C25H26N4O3S. The van der Waals surface area contributed by atoms with Gasteiger partial charge in [0, 0.05) is 29.3 Å². The number of benzene rings is 2. The van der Waals surface area contributed by atoms with Crippen molar-refractivity contribution in [1.82, 2.24) is 9.55 Å². The van der Waals surface area contributed by atoms with Crippen LogP contribution in [0.2, 0.25) is 0 Å². The van der Waals surface area contributed by atoms with Crippen molar-refractivity contribution in [2.75, 3.05) is 10.0 Å². The largest absolute Gasteiger partial charge is 0.337 e. The van der Waals surface area contributed by atoms with Crippen LogP contribution in [0.5, 0.6) is 0 Å². The van der Waals surface area contributed by atoms with Gasteiger partial charge in [0.05, 0.1) is 4.90 Å². The Hall–Kier alpha value is -3.65. The molecule has 0 aliphatic carbocycles. The monoisotopic (exact) mass is 462 g/mol. The van der Waals surface area contributed by atoms with E-state index in [0.717, 1.165) is 22.9 Å². The molecule has 0 radical (unpaired) electrons. The number of carbonyl (C=O) groups is 1. The van der Waals surface area contributed by atoms with E-state index in [2.05, 4.69) is 40.1 Å². The first kappa shape index (κ1) is 22.5. The molecule has 2 N–H and O–H groups in total. The highest BCUT2D eigenvalue weighted by Gasteiger charge is 2.20. The standard InChI is InChI=1S/C25H26N4O3S/c1-4-18-9-14-22-21(16-18)17(3)24(29(22)5-2)25(30)27-19-10-12-20(13-11-19)33(31,32)28-23-8-6-7-15-26-23/h6-16H,4-5H2,1-3H3,(H,26,28)(H,27,30). The van der Waals surface area contributed by atoms with Crippen molar-refractivity contribution in [2.45, 2.75) is 38.6 Å². The van der Waals surface area contributed by atoms with Crippen LogP contribution in [-0.2, 0) is 23.0 Å². The predicted octanol–water partition coefficient (Wildman–Crippen LogP) is 4.98. The van der Waals surface area contributed by atoms with E-state index in [0.29, 0.717) is 17.9 Å². The Morgan fingerprint density at radius 3 is 2.42 bits per heavy atom. The topological polar surface area (TPSA) is 93.1 Å². The number of aromatic nitrogens is 2. The molecule has 2 aromatic carbocycles. The van der Waals surface area contributed by atoms with Gasteiger partial charge < -0.3 is 9.88 Å². The number of rotatable bonds is 7. The molecule has 0 bridgehead atoms. The number of hydrogen-bond acceptors (Lipinski definition) is 4. The van der Waals surface area contributed by atoms with Crippen LogP contribution in [0, 0.1) is 6.92 Å². The predicted molar refractivity (Wildman–Crippen MR) is 131 cm³/mol. The van der Waals surface area contributed by atoms with Crippen molar-refractivity contribution in [2.24, 2.45) is 0 Å². The lowest BCUT2D eigenvalue weighted by Gasteiger charge is -2.11. The molecule has 2 heterocycles. The molecule has 0 aliphatic heterocycles. The van der Waals surface area contributed by atoms with Crippen LogP contribution >= 0.6 is 0 Å². The maximum Gasteiger partial charge on any atom is 0.272 e. The lowest BCUT2D eigenvalue weighted by molar-refractivity contribution is 0.101. The summed E-state index contributed by atoms with van der Waals surface area (Å²) in [6, 6.07) is 17.3. The first-order chi connectivity index (χ1) is 15.8. The van der Waals surface area contributed by atoms with Gasteiger partial charge in [-0.15, -0.1) is 0 Å². The molecule has 8 heteroatoms. The minimum atomic E-state index is -3.78. The SMILES string of the molecule is CCc1ccc2c(c1)c(C)c(C(=O)Nc1ccc(S(=O)(=O)Nc3ccccn3)cc1)n2CC. The minimum absolute atomic E-state index is 0.0806. The number of sulfonamides is 1. The first-order valence-corrected chi connectivity index (χ1v) is 12.3. The molecule has 7 nitrogen and oxygen atoms in total. The third kappa shape index (κ3) is 4.47. The van der Waals surface area contributed by atoms with Crippen molar-refractivity contribution >= 4 is 38.3 Å². The fourth-order valence-corrected chi connectivity index (χ4v) is 4.95. The van der Waals surface area contributed by atoms with Gasteiger partial charge in [-0.05, 0) is 79.9 Å². The van der Waals surface area contributed by atoms with Crippen LogP contribution in [-0.4, -0.2) is 23.9 Å². The van der Waals surface area contributed by atoms with E-state index in [4.69, 9.17) is 0 Å². The third-order valence-corrected chi connectivity index (χ3v) is 7.02. The molecule has 0 unspecified atom stereocenters. The number of nitrogens with one attached hydrogen (secondary N) is 2. The maximum atomic E-state index is 13.2. The zero-order valence-corrected chi connectivity index (χ0v) is 19.6. The van der Waals surface area contributed by atoms with Gasteiger partial charge in [0.1, 0.15) is 11.5 Å². The summed E-state index contributed by atoms with van der Waals surface area (Å²) in [5, 5.41) is 3.98. The maximum absolute atomic E-state index is 13.2. The van der Waals surface area contributed by atoms with Gasteiger partial charge >= 0.3 is 0 Å². The molecule has 4 rings (SSSR count). The minimum Gasteiger partial charge on any atom is -0.337 e. The van der Waals surface area contributed by atoms with Gasteiger partial charge in [-0.2, -0.15) is 0 Å². The van der Waals surface area contributed by atoms with Crippen LogP contribution in [0.3, 0.4) is 0 Å². The lowest BCUT2D eigenvalue weighted by atomic mass is 10.1. The number of carbonyl (C=O) groups excluding carboxylic acids is 1. The van der Waals surface area contributed by atoms with Gasteiger partial charge in [0.2, 0.25) is 0 Å². The number of fused-ring (bicyclic) bond motifs is 1. The van der Waals surface area contributed by atoms with Gasteiger partial charge in [-0.25, -0.2) is 13.4 Å². The highest BCUT2D eigenvalue weighted by molar-refractivity contribution is 7.92. The summed E-state index contributed by atoms with van der Waals surface area (Å²) < 4.78 is 29.6. The van der Waals surface area contributed by atoms with E-state index in [1.54, 1.807) is 30.3 Å². The number of amides is 1.